The normalized spacial score (nSPS) is 10.6. The molecule has 0 amide bonds. The van der Waals surface area contributed by atoms with Crippen molar-refractivity contribution in [2.45, 2.75) is 9.79 Å². The summed E-state index contributed by atoms with van der Waals surface area (Å²) in [6, 6.07) is 30.3. The lowest BCUT2D eigenvalue weighted by Crippen LogP contribution is -1.87. The lowest BCUT2D eigenvalue weighted by atomic mass is 10.1. The molecule has 0 aliphatic carbocycles. The van der Waals surface area contributed by atoms with Crippen molar-refractivity contribution in [1.82, 2.24) is 0 Å². The molecule has 0 N–H and O–H groups in total. The van der Waals surface area contributed by atoms with Crippen LogP contribution in [0, 0.1) is 0 Å². The molecular weight excluding hydrogens is 380 g/mol. The van der Waals surface area contributed by atoms with Crippen LogP contribution in [-0.4, -0.2) is 14.2 Å². The first-order valence-corrected chi connectivity index (χ1v) is 10.1. The molecule has 0 aliphatic rings. The molecule has 29 heavy (non-hydrogen) atoms. The van der Waals surface area contributed by atoms with Crippen molar-refractivity contribution in [1.29, 1.82) is 0 Å². The maximum absolute atomic E-state index is 6.28. The Hall–Kier alpha value is -3.24. The van der Waals surface area contributed by atoms with Gasteiger partial charge in [0.15, 0.2) is 0 Å². The monoisotopic (exact) mass is 401 g/mol. The molecule has 0 aliphatic heterocycles. The Balaban J connectivity index is 1.77. The second-order valence-electron chi connectivity index (χ2n) is 6.39. The minimum absolute atomic E-state index is 0.805. The van der Waals surface area contributed by atoms with Crippen molar-refractivity contribution in [2.24, 2.45) is 0 Å². The van der Waals surface area contributed by atoms with Crippen LogP contribution >= 0.6 is 11.8 Å². The van der Waals surface area contributed by atoms with Gasteiger partial charge in [0.25, 0.3) is 0 Å². The van der Waals surface area contributed by atoms with Crippen molar-refractivity contribution in [3.8, 4) is 34.1 Å². The molecule has 4 heteroatoms. The van der Waals surface area contributed by atoms with Crippen LogP contribution in [0.15, 0.2) is 105 Å². The molecule has 3 aromatic carbocycles. The Morgan fingerprint density at radius 1 is 0.586 bits per heavy atom. The first kappa shape index (κ1) is 19.1. The number of benzene rings is 3. The minimum Gasteiger partial charge on any atom is -0.497 e. The number of hydrogen-bond donors (Lipinski definition) is 0. The third-order valence-corrected chi connectivity index (χ3v) is 5.47. The van der Waals surface area contributed by atoms with Crippen LogP contribution in [0.5, 0.6) is 11.5 Å². The van der Waals surface area contributed by atoms with E-state index in [0.717, 1.165) is 39.0 Å². The van der Waals surface area contributed by atoms with Gasteiger partial charge < -0.3 is 9.47 Å². The van der Waals surface area contributed by atoms with E-state index >= 15 is 0 Å². The van der Waals surface area contributed by atoms with E-state index in [1.54, 1.807) is 26.0 Å². The smallest absolute Gasteiger partial charge is 0.361 e. The lowest BCUT2D eigenvalue weighted by molar-refractivity contribution is 0.415. The summed E-state index contributed by atoms with van der Waals surface area (Å²) in [5.74, 6) is 3.25. The standard InChI is InChI=1S/C25H21O3S/c1-26-20-12-8-18(9-13-20)24-16-23(29-22-6-4-3-5-7-22)17-25(28-24)19-10-14-21(27-2)15-11-19/h3-17H,1-2H3/q+1. The quantitative estimate of drug-likeness (QED) is 0.323. The zero-order chi connectivity index (χ0) is 20.1. The number of rotatable bonds is 6. The number of methoxy groups -OCH3 is 2. The van der Waals surface area contributed by atoms with Gasteiger partial charge in [0.05, 0.1) is 37.5 Å². The predicted octanol–water partition coefficient (Wildman–Crippen LogP) is 7.06. The summed E-state index contributed by atoms with van der Waals surface area (Å²) >= 11 is 1.71. The van der Waals surface area contributed by atoms with Crippen molar-refractivity contribution in [3.05, 3.63) is 91.0 Å². The van der Waals surface area contributed by atoms with Gasteiger partial charge in [-0.3, -0.25) is 0 Å². The first-order valence-electron chi connectivity index (χ1n) is 9.25. The summed E-state index contributed by atoms with van der Waals surface area (Å²) in [6.07, 6.45) is 0. The largest absolute Gasteiger partial charge is 0.497 e. The Morgan fingerprint density at radius 2 is 1.07 bits per heavy atom. The van der Waals surface area contributed by atoms with E-state index in [1.807, 2.05) is 66.7 Å². The highest BCUT2D eigenvalue weighted by molar-refractivity contribution is 7.99. The Labute approximate surface area is 174 Å². The Morgan fingerprint density at radius 3 is 1.52 bits per heavy atom. The van der Waals surface area contributed by atoms with Crippen LogP contribution in [0.4, 0.5) is 0 Å². The van der Waals surface area contributed by atoms with Crippen molar-refractivity contribution >= 4 is 11.8 Å². The molecular formula is C25H21O3S+. The van der Waals surface area contributed by atoms with Gasteiger partial charge in [-0.2, -0.15) is 0 Å². The van der Waals surface area contributed by atoms with Gasteiger partial charge in [0.1, 0.15) is 11.5 Å². The van der Waals surface area contributed by atoms with Crippen LogP contribution in [0.2, 0.25) is 0 Å². The molecule has 1 aromatic heterocycles. The second kappa shape index (κ2) is 8.84. The van der Waals surface area contributed by atoms with E-state index in [1.165, 1.54) is 4.90 Å². The maximum atomic E-state index is 6.28. The van der Waals surface area contributed by atoms with Gasteiger partial charge in [0, 0.05) is 9.79 Å². The summed E-state index contributed by atoms with van der Waals surface area (Å²) in [7, 11) is 3.33. The van der Waals surface area contributed by atoms with Crippen LogP contribution < -0.4 is 9.47 Å². The van der Waals surface area contributed by atoms with Gasteiger partial charge in [-0.15, -0.1) is 0 Å². The predicted molar refractivity (Wildman–Crippen MR) is 118 cm³/mol. The SMILES string of the molecule is COc1ccc(-c2cc(Sc3ccccc3)cc(-c3ccc(OC)cc3)[o+]2)cc1. The van der Waals surface area contributed by atoms with Crippen LogP contribution in [-0.2, 0) is 0 Å². The molecule has 4 aromatic rings. The number of hydrogen-bond acceptors (Lipinski definition) is 3. The van der Waals surface area contributed by atoms with E-state index in [4.69, 9.17) is 13.9 Å². The fourth-order valence-corrected chi connectivity index (χ4v) is 3.85. The highest BCUT2D eigenvalue weighted by atomic mass is 32.2. The molecule has 0 fully saturated rings. The lowest BCUT2D eigenvalue weighted by Gasteiger charge is -2.03. The highest BCUT2D eigenvalue weighted by Crippen LogP contribution is 2.36. The summed E-state index contributed by atoms with van der Waals surface area (Å²) < 4.78 is 16.8. The zero-order valence-corrected chi connectivity index (χ0v) is 17.1. The first-order chi connectivity index (χ1) is 14.2. The molecule has 0 radical (unpaired) electrons. The van der Waals surface area contributed by atoms with Gasteiger partial charge in [0.2, 0.25) is 0 Å². The zero-order valence-electron chi connectivity index (χ0n) is 16.3. The van der Waals surface area contributed by atoms with Crippen molar-refractivity contribution in [3.63, 3.8) is 0 Å². The third kappa shape index (κ3) is 4.61. The second-order valence-corrected chi connectivity index (χ2v) is 7.54. The fourth-order valence-electron chi connectivity index (χ4n) is 2.96. The topological polar surface area (TPSA) is 29.8 Å². The van der Waals surface area contributed by atoms with E-state index in [0.29, 0.717) is 0 Å². The average molecular weight is 402 g/mol. The van der Waals surface area contributed by atoms with E-state index < -0.39 is 0 Å². The van der Waals surface area contributed by atoms with Gasteiger partial charge in [-0.1, -0.05) is 30.0 Å². The molecule has 0 atom stereocenters. The molecule has 0 bridgehead atoms. The minimum atomic E-state index is 0.805. The molecule has 0 saturated heterocycles. The molecule has 1 heterocycles. The molecule has 0 spiro atoms. The maximum Gasteiger partial charge on any atom is 0.361 e. The fraction of sp³-hybridized carbons (Fsp3) is 0.0800. The van der Waals surface area contributed by atoms with Crippen LogP contribution in [0.3, 0.4) is 0 Å². The summed E-state index contributed by atoms with van der Waals surface area (Å²) in [5, 5.41) is 0. The Kier molecular flexibility index (Phi) is 5.82. The Bertz CT molecular complexity index is 1010. The number of ether oxygens (including phenoxy) is 2. The molecule has 0 saturated carbocycles. The van der Waals surface area contributed by atoms with Gasteiger partial charge >= 0.3 is 11.5 Å². The summed E-state index contributed by atoms with van der Waals surface area (Å²) in [4.78, 5) is 2.29. The molecule has 3 nitrogen and oxygen atoms in total. The van der Waals surface area contributed by atoms with Gasteiger partial charge in [-0.25, -0.2) is 4.42 Å². The third-order valence-electron chi connectivity index (χ3n) is 4.49. The van der Waals surface area contributed by atoms with Crippen molar-refractivity contribution in [2.75, 3.05) is 14.2 Å². The van der Waals surface area contributed by atoms with E-state index in [-0.39, 0.29) is 0 Å². The molecule has 144 valence electrons. The van der Waals surface area contributed by atoms with Crippen LogP contribution in [0.25, 0.3) is 22.6 Å². The summed E-state index contributed by atoms with van der Waals surface area (Å²) in [6.45, 7) is 0. The van der Waals surface area contributed by atoms with E-state index in [9.17, 15) is 0 Å². The molecule has 0 unspecified atom stereocenters. The molecule has 4 rings (SSSR count). The van der Waals surface area contributed by atoms with Gasteiger partial charge in [-0.05, 0) is 60.7 Å². The highest BCUT2D eigenvalue weighted by Gasteiger charge is 2.20. The van der Waals surface area contributed by atoms with Crippen LogP contribution in [0.1, 0.15) is 0 Å². The van der Waals surface area contributed by atoms with Crippen molar-refractivity contribution < 1.29 is 13.9 Å². The van der Waals surface area contributed by atoms with E-state index in [2.05, 4.69) is 24.3 Å². The summed E-state index contributed by atoms with van der Waals surface area (Å²) in [5.41, 5.74) is 1.99. The average Bonchev–Trinajstić information content (AvgIpc) is 2.79.